The summed E-state index contributed by atoms with van der Waals surface area (Å²) in [5.74, 6) is -7.71. The van der Waals surface area contributed by atoms with E-state index >= 15 is 0 Å². The Morgan fingerprint density at radius 2 is 1.76 bits per heavy atom. The van der Waals surface area contributed by atoms with Gasteiger partial charge in [0.15, 0.2) is 17.2 Å². The molecule has 1 fully saturated rings. The summed E-state index contributed by atoms with van der Waals surface area (Å²) in [6, 6.07) is 3.28. The maximum Gasteiger partial charge on any atom is 0.202 e. The summed E-state index contributed by atoms with van der Waals surface area (Å²) < 4.78 is 0. The largest absolute Gasteiger partial charge is 0.508 e. The molecule has 4 rings (SSSR count). The van der Waals surface area contributed by atoms with Gasteiger partial charge in [-0.15, -0.1) is 0 Å². The number of rotatable bonds is 6. The second kappa shape index (κ2) is 9.32. The molecule has 0 unspecified atom stereocenters. The first-order valence-corrected chi connectivity index (χ1v) is 13.0. The van der Waals surface area contributed by atoms with Crippen molar-refractivity contribution >= 4 is 23.1 Å². The number of benzene rings is 1. The summed E-state index contributed by atoms with van der Waals surface area (Å²) >= 11 is 0. The molecule has 0 bridgehead atoms. The van der Waals surface area contributed by atoms with Crippen molar-refractivity contribution in [1.82, 2.24) is 4.90 Å². The van der Waals surface area contributed by atoms with Crippen molar-refractivity contribution < 1.29 is 39.9 Å². The number of hydrogen-bond donors (Lipinski definition) is 5. The number of phenolic OH excluding ortho intramolecular Hbond substituents is 1. The number of likely N-dealkylation sites (N-methyl/N-ethyl adjacent to an activating group) is 1. The van der Waals surface area contributed by atoms with Crippen molar-refractivity contribution in [2.75, 3.05) is 14.1 Å². The van der Waals surface area contributed by atoms with Gasteiger partial charge in [0.25, 0.3) is 0 Å². The quantitative estimate of drug-likeness (QED) is 0.351. The van der Waals surface area contributed by atoms with Crippen LogP contribution in [-0.4, -0.2) is 79.6 Å². The van der Waals surface area contributed by atoms with E-state index in [9.17, 15) is 39.9 Å². The molecule has 0 aliphatic heterocycles. The number of aliphatic hydroxyl groups excluding tert-OH is 3. The first-order valence-electron chi connectivity index (χ1n) is 13.0. The van der Waals surface area contributed by atoms with Crippen LogP contribution in [0.3, 0.4) is 0 Å². The standard InChI is InChI=1S/C29H37NO8/c1-7-11-28(3,4)12-16(32)19-25(35)22(30(5)6)21-24(34)17-13(2)14-9-8-10-15(31)18(14)23(33)20(17)27(37)29(21,38)26(19)36/h8-10,13,17,21-22,24,31,33-34,36,38H,7,11-12H2,1-6H3/t13-,17-,21-,22+,24+,29+/m0/s1. The monoisotopic (exact) mass is 527 g/mol. The van der Waals surface area contributed by atoms with E-state index in [-0.39, 0.29) is 23.3 Å². The van der Waals surface area contributed by atoms with E-state index < -0.39 is 75.4 Å². The Hall–Kier alpha value is -3.01. The number of nitrogens with zero attached hydrogens (tertiary/aromatic N) is 1. The minimum absolute atomic E-state index is 0.00554. The van der Waals surface area contributed by atoms with Crippen LogP contribution in [0.15, 0.2) is 35.1 Å². The Labute approximate surface area is 222 Å². The molecule has 0 spiro atoms. The fourth-order valence-corrected chi connectivity index (χ4v) is 6.90. The van der Waals surface area contributed by atoms with Gasteiger partial charge in [0.05, 0.1) is 23.6 Å². The zero-order valence-corrected chi connectivity index (χ0v) is 22.6. The van der Waals surface area contributed by atoms with Crippen LogP contribution >= 0.6 is 0 Å². The summed E-state index contributed by atoms with van der Waals surface area (Å²) in [5.41, 5.74) is -3.86. The number of phenols is 1. The van der Waals surface area contributed by atoms with Gasteiger partial charge in [0.2, 0.25) is 5.78 Å². The number of carbonyl (C=O) groups is 3. The van der Waals surface area contributed by atoms with Gasteiger partial charge in [-0.05, 0) is 43.5 Å². The Morgan fingerprint density at radius 3 is 2.34 bits per heavy atom. The van der Waals surface area contributed by atoms with E-state index in [2.05, 4.69) is 0 Å². The molecule has 0 heterocycles. The normalized spacial score (nSPS) is 31.3. The highest BCUT2D eigenvalue weighted by atomic mass is 16.4. The average molecular weight is 528 g/mol. The minimum Gasteiger partial charge on any atom is -0.508 e. The SMILES string of the molecule is CCCC(C)(C)CC(=O)C1=C(O)[C@@]2(O)C(=O)C3=C(O)c4c(O)cccc4[C@H](C)[C@@H]3[C@@H](O)[C@@H]2[C@@H](N(C)C)C1=O. The minimum atomic E-state index is -2.84. The number of aromatic hydroxyl groups is 1. The van der Waals surface area contributed by atoms with Gasteiger partial charge in [-0.2, -0.15) is 0 Å². The van der Waals surface area contributed by atoms with Crippen LogP contribution in [0.4, 0.5) is 0 Å². The number of hydrogen-bond acceptors (Lipinski definition) is 9. The van der Waals surface area contributed by atoms with Crippen molar-refractivity contribution in [3.05, 3.63) is 46.2 Å². The van der Waals surface area contributed by atoms with Gasteiger partial charge in [-0.3, -0.25) is 19.3 Å². The molecule has 206 valence electrons. The topological polar surface area (TPSA) is 156 Å². The summed E-state index contributed by atoms with van der Waals surface area (Å²) in [5, 5.41) is 56.6. The van der Waals surface area contributed by atoms with Crippen molar-refractivity contribution in [3.8, 4) is 5.75 Å². The van der Waals surface area contributed by atoms with Crippen molar-refractivity contribution in [3.63, 3.8) is 0 Å². The van der Waals surface area contributed by atoms with Crippen molar-refractivity contribution in [2.45, 2.75) is 70.6 Å². The predicted octanol–water partition coefficient (Wildman–Crippen LogP) is 2.80. The second-order valence-electron chi connectivity index (χ2n) is 11.9. The van der Waals surface area contributed by atoms with Crippen LogP contribution in [0.5, 0.6) is 5.75 Å². The highest BCUT2D eigenvalue weighted by Crippen LogP contribution is 2.56. The van der Waals surface area contributed by atoms with E-state index in [1.807, 2.05) is 20.8 Å². The third kappa shape index (κ3) is 3.82. The summed E-state index contributed by atoms with van der Waals surface area (Å²) in [7, 11) is 3.07. The van der Waals surface area contributed by atoms with Gasteiger partial charge in [0.1, 0.15) is 22.8 Å². The molecule has 1 aromatic rings. The van der Waals surface area contributed by atoms with Crippen molar-refractivity contribution in [2.24, 2.45) is 17.3 Å². The Morgan fingerprint density at radius 1 is 1.13 bits per heavy atom. The molecule has 0 saturated heterocycles. The van der Waals surface area contributed by atoms with Crippen molar-refractivity contribution in [1.29, 1.82) is 0 Å². The molecule has 3 aliphatic rings. The molecule has 0 aromatic heterocycles. The first-order chi connectivity index (χ1) is 17.6. The number of aliphatic hydroxyl groups is 4. The van der Waals surface area contributed by atoms with Gasteiger partial charge < -0.3 is 25.5 Å². The van der Waals surface area contributed by atoms with Gasteiger partial charge >= 0.3 is 0 Å². The number of fused-ring (bicyclic) bond motifs is 3. The van der Waals surface area contributed by atoms with E-state index in [4.69, 9.17) is 0 Å². The smallest absolute Gasteiger partial charge is 0.202 e. The lowest BCUT2D eigenvalue weighted by Crippen LogP contribution is -2.70. The fraction of sp³-hybridized carbons (Fsp3) is 0.552. The number of Topliss-reactive ketones (excluding diaryl/α,β-unsaturated/α-hetero) is 3. The molecule has 5 N–H and O–H groups in total. The Kier molecular flexibility index (Phi) is 6.87. The zero-order chi connectivity index (χ0) is 28.5. The van der Waals surface area contributed by atoms with Crippen LogP contribution in [0, 0.1) is 17.3 Å². The highest BCUT2D eigenvalue weighted by molar-refractivity contribution is 6.25. The highest BCUT2D eigenvalue weighted by Gasteiger charge is 2.68. The molecule has 0 amide bonds. The van der Waals surface area contributed by atoms with Gasteiger partial charge in [0, 0.05) is 17.9 Å². The summed E-state index contributed by atoms with van der Waals surface area (Å²) in [4.78, 5) is 42.7. The van der Waals surface area contributed by atoms with E-state index in [0.29, 0.717) is 12.0 Å². The van der Waals surface area contributed by atoms with E-state index in [0.717, 1.165) is 6.42 Å². The first kappa shape index (κ1) is 28.0. The molecule has 38 heavy (non-hydrogen) atoms. The third-order valence-electron chi connectivity index (χ3n) is 8.59. The summed E-state index contributed by atoms with van der Waals surface area (Å²) in [6.07, 6.45) is -0.200. The summed E-state index contributed by atoms with van der Waals surface area (Å²) in [6.45, 7) is 7.39. The molecule has 9 nitrogen and oxygen atoms in total. The van der Waals surface area contributed by atoms with Crippen LogP contribution in [0.25, 0.3) is 5.76 Å². The zero-order valence-electron chi connectivity index (χ0n) is 22.6. The lowest BCUT2D eigenvalue weighted by atomic mass is 9.54. The van der Waals surface area contributed by atoms with Gasteiger partial charge in [-0.1, -0.05) is 46.2 Å². The molecular weight excluding hydrogens is 490 g/mol. The van der Waals surface area contributed by atoms with Crippen LogP contribution in [0.2, 0.25) is 0 Å². The Balaban J connectivity index is 1.97. The lowest BCUT2D eigenvalue weighted by molar-refractivity contribution is -0.169. The molecule has 3 aliphatic carbocycles. The van der Waals surface area contributed by atoms with E-state index in [1.54, 1.807) is 19.1 Å². The third-order valence-corrected chi connectivity index (χ3v) is 8.59. The maximum absolute atomic E-state index is 14.1. The maximum atomic E-state index is 14.1. The van der Waals surface area contributed by atoms with E-state index in [1.165, 1.54) is 25.1 Å². The molecule has 0 radical (unpaired) electrons. The predicted molar refractivity (Wildman–Crippen MR) is 139 cm³/mol. The number of ketones is 3. The molecule has 9 heteroatoms. The van der Waals surface area contributed by atoms with Gasteiger partial charge in [-0.25, -0.2) is 0 Å². The lowest BCUT2D eigenvalue weighted by Gasteiger charge is -2.54. The average Bonchev–Trinajstić information content (AvgIpc) is 2.80. The number of carbonyl (C=O) groups excluding carboxylic acids is 3. The second-order valence-corrected chi connectivity index (χ2v) is 11.9. The molecule has 6 atom stereocenters. The molecular formula is C29H37NO8. The molecule has 1 aromatic carbocycles. The fourth-order valence-electron chi connectivity index (χ4n) is 6.90. The Bertz CT molecular complexity index is 1280. The van der Waals surface area contributed by atoms with Crippen LogP contribution in [-0.2, 0) is 14.4 Å². The van der Waals surface area contributed by atoms with Crippen LogP contribution < -0.4 is 0 Å². The molecule has 1 saturated carbocycles. The van der Waals surface area contributed by atoms with Crippen LogP contribution in [0.1, 0.15) is 64.0 Å².